The summed E-state index contributed by atoms with van der Waals surface area (Å²) >= 11 is 0. The van der Waals surface area contributed by atoms with E-state index in [-0.39, 0.29) is 17.6 Å². The van der Waals surface area contributed by atoms with Crippen molar-refractivity contribution in [2.75, 3.05) is 11.9 Å². The van der Waals surface area contributed by atoms with Crippen molar-refractivity contribution >= 4 is 11.7 Å². The maximum atomic E-state index is 10.7. The molecule has 5 atom stereocenters. The lowest BCUT2D eigenvalue weighted by molar-refractivity contribution is -0.384. The van der Waals surface area contributed by atoms with Crippen LogP contribution in [0.3, 0.4) is 0 Å². The molecule has 0 radical (unpaired) electrons. The van der Waals surface area contributed by atoms with Crippen LogP contribution in [0.25, 0.3) is 11.5 Å². The van der Waals surface area contributed by atoms with Gasteiger partial charge >= 0.3 is 6.01 Å². The van der Waals surface area contributed by atoms with Crippen LogP contribution >= 0.6 is 0 Å². The molecule has 0 unspecified atom stereocenters. The third-order valence-corrected chi connectivity index (χ3v) is 3.91. The average Bonchev–Trinajstić information content (AvgIpc) is 3.11. The number of rotatable bonds is 5. The van der Waals surface area contributed by atoms with E-state index < -0.39 is 42.2 Å². The topological polar surface area (TPSA) is 184 Å². The predicted octanol–water partition coefficient (Wildman–Crippen LogP) is -1.14. The third-order valence-electron chi connectivity index (χ3n) is 3.91. The number of hydrogen-bond acceptors (Lipinski definition) is 11. The number of benzene rings is 1. The zero-order valence-electron chi connectivity index (χ0n) is 13.2. The van der Waals surface area contributed by atoms with Gasteiger partial charge in [0, 0.05) is 17.7 Å². The van der Waals surface area contributed by atoms with E-state index in [1.54, 1.807) is 0 Å². The van der Waals surface area contributed by atoms with E-state index in [4.69, 9.17) is 14.3 Å². The van der Waals surface area contributed by atoms with Crippen molar-refractivity contribution in [2.45, 2.75) is 30.6 Å². The summed E-state index contributed by atoms with van der Waals surface area (Å²) in [6, 6.07) is 5.28. The maximum Gasteiger partial charge on any atom is 0.317 e. The Hall–Kier alpha value is -2.64. The van der Waals surface area contributed by atoms with Crippen LogP contribution in [0.15, 0.2) is 28.7 Å². The molecule has 0 spiro atoms. The third kappa shape index (κ3) is 3.49. The molecule has 3 rings (SSSR count). The molecule has 0 bridgehead atoms. The number of nitrogens with zero attached hydrogens (tertiary/aromatic N) is 3. The van der Waals surface area contributed by atoms with E-state index in [1.807, 2.05) is 0 Å². The first-order valence-electron chi connectivity index (χ1n) is 7.56. The smallest absolute Gasteiger partial charge is 0.317 e. The van der Waals surface area contributed by atoms with Crippen molar-refractivity contribution in [3.63, 3.8) is 0 Å². The maximum absolute atomic E-state index is 10.7. The highest BCUT2D eigenvalue weighted by Gasteiger charge is 2.43. The standard InChI is InChI=1S/C14H16N4O8/c19-5-8-9(20)10(21)11(22)13(25-8)15-14-17-16-12(26-14)6-1-3-7(4-2-6)18(23)24/h1-4,8-11,13,19-22H,5H2,(H,15,17)/t8-,9-,10+,11-,13-/m1/s1. The molecule has 2 aromatic rings. The molecule has 12 heteroatoms. The number of nitro benzene ring substituents is 1. The van der Waals surface area contributed by atoms with Crippen LogP contribution in [0.4, 0.5) is 11.7 Å². The number of nitrogens with one attached hydrogen (secondary N) is 1. The molecule has 1 fully saturated rings. The van der Waals surface area contributed by atoms with E-state index in [9.17, 15) is 25.4 Å². The van der Waals surface area contributed by atoms with Gasteiger partial charge in [-0.2, -0.15) is 0 Å². The largest absolute Gasteiger partial charge is 0.403 e. The second-order valence-electron chi connectivity index (χ2n) is 5.61. The van der Waals surface area contributed by atoms with Gasteiger partial charge in [-0.15, -0.1) is 5.10 Å². The minimum Gasteiger partial charge on any atom is -0.403 e. The monoisotopic (exact) mass is 368 g/mol. The Kier molecular flexibility index (Phi) is 5.11. The molecular formula is C14H16N4O8. The molecule has 1 aromatic heterocycles. The van der Waals surface area contributed by atoms with E-state index in [1.165, 1.54) is 24.3 Å². The van der Waals surface area contributed by atoms with Gasteiger partial charge in [-0.1, -0.05) is 5.10 Å². The Morgan fingerprint density at radius 3 is 2.42 bits per heavy atom. The summed E-state index contributed by atoms with van der Waals surface area (Å²) in [4.78, 5) is 10.1. The van der Waals surface area contributed by atoms with Crippen molar-refractivity contribution in [1.29, 1.82) is 0 Å². The summed E-state index contributed by atoms with van der Waals surface area (Å²) in [6.07, 6.45) is -6.83. The second-order valence-corrected chi connectivity index (χ2v) is 5.61. The number of aliphatic hydroxyl groups is 4. The molecule has 1 aliphatic rings. The fraction of sp³-hybridized carbons (Fsp3) is 0.429. The van der Waals surface area contributed by atoms with Gasteiger partial charge in [0.1, 0.15) is 24.4 Å². The van der Waals surface area contributed by atoms with Crippen LogP contribution in [-0.4, -0.2) is 72.8 Å². The summed E-state index contributed by atoms with van der Waals surface area (Å²) in [5.41, 5.74) is 0.345. The van der Waals surface area contributed by atoms with E-state index in [2.05, 4.69) is 15.5 Å². The molecule has 1 aromatic carbocycles. The van der Waals surface area contributed by atoms with E-state index >= 15 is 0 Å². The molecule has 1 saturated heterocycles. The number of ether oxygens (including phenoxy) is 1. The van der Waals surface area contributed by atoms with Gasteiger partial charge in [0.2, 0.25) is 5.89 Å². The Labute approximate surface area is 145 Å². The van der Waals surface area contributed by atoms with Crippen LogP contribution in [0.2, 0.25) is 0 Å². The summed E-state index contributed by atoms with van der Waals surface area (Å²) in [5, 5.41) is 59.3. The first-order chi connectivity index (χ1) is 12.4. The highest BCUT2D eigenvalue weighted by Crippen LogP contribution is 2.25. The van der Waals surface area contributed by atoms with Gasteiger partial charge in [-0.25, -0.2) is 0 Å². The zero-order valence-corrected chi connectivity index (χ0v) is 13.2. The number of hydrogen-bond donors (Lipinski definition) is 5. The summed E-state index contributed by atoms with van der Waals surface area (Å²) in [7, 11) is 0. The minimum absolute atomic E-state index is 0.0620. The fourth-order valence-electron chi connectivity index (χ4n) is 2.47. The Bertz CT molecular complexity index is 765. The fourth-order valence-corrected chi connectivity index (χ4v) is 2.47. The van der Waals surface area contributed by atoms with Crippen molar-refractivity contribution in [3.05, 3.63) is 34.4 Å². The number of non-ortho nitro benzene ring substituents is 1. The number of aromatic nitrogens is 2. The highest BCUT2D eigenvalue weighted by molar-refractivity contribution is 5.56. The molecule has 5 N–H and O–H groups in total. The predicted molar refractivity (Wildman–Crippen MR) is 83.8 cm³/mol. The lowest BCUT2D eigenvalue weighted by Crippen LogP contribution is -2.60. The highest BCUT2D eigenvalue weighted by atomic mass is 16.6. The number of nitro groups is 1. The van der Waals surface area contributed by atoms with E-state index in [0.29, 0.717) is 5.56 Å². The molecule has 1 aliphatic heterocycles. The quantitative estimate of drug-likeness (QED) is 0.317. The van der Waals surface area contributed by atoms with E-state index in [0.717, 1.165) is 0 Å². The van der Waals surface area contributed by atoms with Gasteiger partial charge < -0.3 is 34.9 Å². The number of aliphatic hydroxyl groups excluding tert-OH is 4. The van der Waals surface area contributed by atoms with Gasteiger partial charge in [0.15, 0.2) is 6.23 Å². The Balaban J connectivity index is 1.72. The number of anilines is 1. The SMILES string of the molecule is O=[N+]([O-])c1ccc(-c2nnc(N[C@@H]3O[C@H](CO)[C@@H](O)[C@H](O)[C@H]3O)o2)cc1. The molecular weight excluding hydrogens is 352 g/mol. The molecule has 0 saturated carbocycles. The first-order valence-corrected chi connectivity index (χ1v) is 7.56. The summed E-state index contributed by atoms with van der Waals surface area (Å²) < 4.78 is 10.6. The van der Waals surface area contributed by atoms with Crippen molar-refractivity contribution in [3.8, 4) is 11.5 Å². The minimum atomic E-state index is -1.55. The normalized spacial score (nSPS) is 28.7. The molecule has 12 nitrogen and oxygen atoms in total. The van der Waals surface area contributed by atoms with Gasteiger partial charge in [-0.05, 0) is 12.1 Å². The molecule has 2 heterocycles. The van der Waals surface area contributed by atoms with Gasteiger partial charge in [0.25, 0.3) is 5.69 Å². The molecule has 140 valence electrons. The van der Waals surface area contributed by atoms with Crippen molar-refractivity contribution < 1.29 is 34.5 Å². The van der Waals surface area contributed by atoms with Crippen molar-refractivity contribution in [2.24, 2.45) is 0 Å². The lowest BCUT2D eigenvalue weighted by atomic mass is 9.98. The first kappa shape index (κ1) is 18.2. The van der Waals surface area contributed by atoms with Crippen LogP contribution in [0.5, 0.6) is 0 Å². The Morgan fingerprint density at radius 1 is 1.12 bits per heavy atom. The summed E-state index contributed by atoms with van der Waals surface area (Å²) in [5.74, 6) is 0.0620. The Morgan fingerprint density at radius 2 is 1.81 bits per heavy atom. The van der Waals surface area contributed by atoms with Crippen LogP contribution in [0.1, 0.15) is 0 Å². The summed E-state index contributed by atoms with van der Waals surface area (Å²) in [6.45, 7) is -0.568. The zero-order chi connectivity index (χ0) is 18.8. The van der Waals surface area contributed by atoms with Crippen LogP contribution in [-0.2, 0) is 4.74 Å². The lowest BCUT2D eigenvalue weighted by Gasteiger charge is -2.39. The van der Waals surface area contributed by atoms with Gasteiger partial charge in [-0.3, -0.25) is 10.1 Å². The average molecular weight is 368 g/mol. The van der Waals surface area contributed by atoms with Crippen LogP contribution < -0.4 is 5.32 Å². The second kappa shape index (κ2) is 7.31. The molecule has 0 amide bonds. The van der Waals surface area contributed by atoms with Crippen molar-refractivity contribution in [1.82, 2.24) is 10.2 Å². The van der Waals surface area contributed by atoms with Crippen LogP contribution in [0, 0.1) is 10.1 Å². The molecule has 0 aliphatic carbocycles. The van der Waals surface area contributed by atoms with Gasteiger partial charge in [0.05, 0.1) is 11.5 Å². The molecule has 26 heavy (non-hydrogen) atoms.